The van der Waals surface area contributed by atoms with Gasteiger partial charge < -0.3 is 14.8 Å². The lowest BCUT2D eigenvalue weighted by molar-refractivity contribution is -0.139. The van der Waals surface area contributed by atoms with E-state index in [-0.39, 0.29) is 34.9 Å². The Bertz CT molecular complexity index is 677. The summed E-state index contributed by atoms with van der Waals surface area (Å²) in [5.41, 5.74) is -0.124. The topological polar surface area (TPSA) is 92.3 Å². The first kappa shape index (κ1) is 17.4. The number of nitrogens with zero attached hydrogens (tertiary/aromatic N) is 1. The number of halogens is 2. The molecule has 2 rings (SSSR count). The van der Waals surface area contributed by atoms with E-state index in [4.69, 9.17) is 9.84 Å². The number of H-pyrrole nitrogens is 1. The second kappa shape index (κ2) is 7.41. The van der Waals surface area contributed by atoms with Gasteiger partial charge in [0.15, 0.2) is 11.0 Å². The maximum Gasteiger partial charge on any atom is 0.338 e. The second-order valence-electron chi connectivity index (χ2n) is 3.76. The molecular weight excluding hydrogens is 367 g/mol. The highest BCUT2D eigenvalue weighted by atomic mass is 79.9. The third kappa shape index (κ3) is 3.94. The molecule has 0 unspecified atom stereocenters. The molecule has 1 aromatic carbocycles. The summed E-state index contributed by atoms with van der Waals surface area (Å²) in [5, 5.41) is 9.15. The van der Waals surface area contributed by atoms with E-state index in [1.165, 1.54) is 6.07 Å². The highest BCUT2D eigenvalue weighted by Gasteiger charge is 2.17. The summed E-state index contributed by atoms with van der Waals surface area (Å²) in [6, 6.07) is 2.60. The number of esters is 1. The second-order valence-corrected chi connectivity index (χ2v) is 4.73. The summed E-state index contributed by atoms with van der Waals surface area (Å²) in [6.07, 6.45) is 0. The van der Waals surface area contributed by atoms with Crippen LogP contribution in [0.3, 0.4) is 0 Å². The highest BCUT2D eigenvalue weighted by molar-refractivity contribution is 8.93. The fourth-order valence-electron chi connectivity index (χ4n) is 1.58. The van der Waals surface area contributed by atoms with Crippen molar-refractivity contribution < 1.29 is 23.8 Å². The molecule has 0 aliphatic carbocycles. The number of benzene rings is 1. The molecule has 0 saturated heterocycles. The van der Waals surface area contributed by atoms with Gasteiger partial charge >= 0.3 is 11.9 Å². The number of carbonyl (C=O) groups is 2. The van der Waals surface area contributed by atoms with E-state index in [9.17, 15) is 14.0 Å². The van der Waals surface area contributed by atoms with Crippen molar-refractivity contribution in [1.82, 2.24) is 9.97 Å². The van der Waals surface area contributed by atoms with Crippen LogP contribution in [0.25, 0.3) is 11.0 Å². The standard InChI is InChI=1S/C12H11FN2O4S.BrH/c1-2-19-8(16)5-20-12-14-7-4-3-6(11(17)18)9(13)10(7)15-12;/h3-4H,2,5H2,1H3,(H,14,15)(H,17,18);1H. The molecule has 0 fully saturated rings. The van der Waals surface area contributed by atoms with Crippen LogP contribution in [-0.4, -0.2) is 39.4 Å². The Morgan fingerprint density at radius 1 is 1.48 bits per heavy atom. The van der Waals surface area contributed by atoms with E-state index in [0.29, 0.717) is 10.7 Å². The molecule has 6 nitrogen and oxygen atoms in total. The van der Waals surface area contributed by atoms with Crippen molar-refractivity contribution in [2.45, 2.75) is 12.1 Å². The molecule has 0 atom stereocenters. The van der Waals surface area contributed by atoms with Crippen molar-refractivity contribution in [2.24, 2.45) is 0 Å². The van der Waals surface area contributed by atoms with Crippen LogP contribution in [0.5, 0.6) is 0 Å². The van der Waals surface area contributed by atoms with E-state index in [0.717, 1.165) is 17.8 Å². The summed E-state index contributed by atoms with van der Waals surface area (Å²) >= 11 is 1.06. The van der Waals surface area contributed by atoms with Crippen molar-refractivity contribution in [2.75, 3.05) is 12.4 Å². The Hall–Kier alpha value is -1.61. The summed E-state index contributed by atoms with van der Waals surface area (Å²) < 4.78 is 18.6. The third-order valence-corrected chi connectivity index (χ3v) is 3.28. The van der Waals surface area contributed by atoms with Gasteiger partial charge in [0.2, 0.25) is 0 Å². The predicted octanol–water partition coefficient (Wildman–Crippen LogP) is 2.63. The number of thioether (sulfide) groups is 1. The van der Waals surface area contributed by atoms with E-state index in [2.05, 4.69) is 9.97 Å². The maximum absolute atomic E-state index is 13.9. The number of carbonyl (C=O) groups excluding carboxylic acids is 1. The first-order valence-electron chi connectivity index (χ1n) is 5.72. The zero-order valence-corrected chi connectivity index (χ0v) is 13.4. The van der Waals surface area contributed by atoms with Crippen LogP contribution >= 0.6 is 28.7 Å². The van der Waals surface area contributed by atoms with Gasteiger partial charge in [-0.25, -0.2) is 14.2 Å². The van der Waals surface area contributed by atoms with E-state index in [1.807, 2.05) is 0 Å². The molecule has 0 bridgehead atoms. The number of hydrogen-bond donors (Lipinski definition) is 2. The third-order valence-electron chi connectivity index (χ3n) is 2.43. The van der Waals surface area contributed by atoms with Gasteiger partial charge in [-0.05, 0) is 19.1 Å². The Morgan fingerprint density at radius 2 is 2.19 bits per heavy atom. The van der Waals surface area contributed by atoms with Crippen molar-refractivity contribution in [3.8, 4) is 0 Å². The fourth-order valence-corrected chi connectivity index (χ4v) is 2.26. The normalized spacial score (nSPS) is 10.2. The van der Waals surface area contributed by atoms with Gasteiger partial charge in [0.05, 0.1) is 23.4 Å². The zero-order chi connectivity index (χ0) is 14.7. The molecule has 2 N–H and O–H groups in total. The monoisotopic (exact) mass is 378 g/mol. The van der Waals surface area contributed by atoms with Crippen LogP contribution in [-0.2, 0) is 9.53 Å². The number of aromatic amines is 1. The van der Waals surface area contributed by atoms with Crippen molar-refractivity contribution in [3.05, 3.63) is 23.5 Å². The molecule has 2 aromatic rings. The first-order valence-corrected chi connectivity index (χ1v) is 6.71. The number of carboxylic acids is 1. The minimum atomic E-state index is -1.35. The van der Waals surface area contributed by atoms with Gasteiger partial charge in [-0.3, -0.25) is 4.79 Å². The Balaban J connectivity index is 0.00000220. The molecule has 0 aliphatic heterocycles. The number of rotatable bonds is 5. The Labute approximate surface area is 133 Å². The number of carboxylic acid groups (broad SMARTS) is 1. The lowest BCUT2D eigenvalue weighted by atomic mass is 10.2. The van der Waals surface area contributed by atoms with Gasteiger partial charge in [-0.1, -0.05) is 11.8 Å². The molecule has 21 heavy (non-hydrogen) atoms. The predicted molar refractivity (Wildman–Crippen MR) is 80.7 cm³/mol. The first-order chi connectivity index (χ1) is 9.52. The molecule has 0 amide bonds. The van der Waals surface area contributed by atoms with E-state index in [1.54, 1.807) is 6.92 Å². The van der Waals surface area contributed by atoms with Crippen LogP contribution in [0.4, 0.5) is 4.39 Å². The largest absolute Gasteiger partial charge is 0.478 e. The van der Waals surface area contributed by atoms with Crippen LogP contribution < -0.4 is 0 Å². The number of aromatic nitrogens is 2. The minimum Gasteiger partial charge on any atom is -0.478 e. The van der Waals surface area contributed by atoms with E-state index < -0.39 is 23.3 Å². The minimum absolute atomic E-state index is 0. The molecular formula is C12H12BrFN2O4S. The smallest absolute Gasteiger partial charge is 0.338 e. The molecule has 0 radical (unpaired) electrons. The van der Waals surface area contributed by atoms with Gasteiger partial charge in [0.25, 0.3) is 0 Å². The molecule has 0 aliphatic rings. The molecule has 1 heterocycles. The number of imidazole rings is 1. The molecule has 1 aromatic heterocycles. The van der Waals surface area contributed by atoms with E-state index >= 15 is 0 Å². The molecule has 9 heteroatoms. The number of ether oxygens (including phenoxy) is 1. The summed E-state index contributed by atoms with van der Waals surface area (Å²) in [5.74, 6) is -2.60. The van der Waals surface area contributed by atoms with Crippen LogP contribution in [0.15, 0.2) is 17.3 Å². The lowest BCUT2D eigenvalue weighted by Crippen LogP contribution is -2.06. The Morgan fingerprint density at radius 3 is 2.81 bits per heavy atom. The quantitative estimate of drug-likeness (QED) is 0.613. The highest BCUT2D eigenvalue weighted by Crippen LogP contribution is 2.23. The SMILES string of the molecule is Br.CCOC(=O)CSc1nc2c(F)c(C(=O)O)ccc2[nH]1. The average Bonchev–Trinajstić information content (AvgIpc) is 2.81. The number of nitrogens with one attached hydrogen (secondary N) is 1. The van der Waals surface area contributed by atoms with Crippen molar-refractivity contribution in [3.63, 3.8) is 0 Å². The number of aromatic carboxylic acids is 1. The van der Waals surface area contributed by atoms with Crippen molar-refractivity contribution >= 4 is 51.7 Å². The van der Waals surface area contributed by atoms with Crippen LogP contribution in [0.1, 0.15) is 17.3 Å². The maximum atomic E-state index is 13.9. The molecule has 114 valence electrons. The van der Waals surface area contributed by atoms with Gasteiger partial charge in [0, 0.05) is 0 Å². The molecule has 0 spiro atoms. The van der Waals surface area contributed by atoms with Gasteiger partial charge in [-0.2, -0.15) is 0 Å². The van der Waals surface area contributed by atoms with Gasteiger partial charge in [-0.15, -0.1) is 17.0 Å². The molecule has 0 saturated carbocycles. The Kier molecular flexibility index (Phi) is 6.16. The van der Waals surface area contributed by atoms with Crippen molar-refractivity contribution in [1.29, 1.82) is 0 Å². The van der Waals surface area contributed by atoms with Crippen LogP contribution in [0.2, 0.25) is 0 Å². The fraction of sp³-hybridized carbons (Fsp3) is 0.250. The number of fused-ring (bicyclic) bond motifs is 1. The number of hydrogen-bond acceptors (Lipinski definition) is 5. The van der Waals surface area contributed by atoms with Gasteiger partial charge in [0.1, 0.15) is 5.52 Å². The summed E-state index contributed by atoms with van der Waals surface area (Å²) in [6.45, 7) is 1.99. The summed E-state index contributed by atoms with van der Waals surface area (Å²) in [7, 11) is 0. The lowest BCUT2D eigenvalue weighted by Gasteiger charge is -1.98. The summed E-state index contributed by atoms with van der Waals surface area (Å²) in [4.78, 5) is 28.8. The average molecular weight is 379 g/mol. The zero-order valence-electron chi connectivity index (χ0n) is 10.9. The van der Waals surface area contributed by atoms with Crippen LogP contribution in [0, 0.1) is 5.82 Å².